The van der Waals surface area contributed by atoms with Gasteiger partial charge in [0.1, 0.15) is 9.84 Å². The lowest BCUT2D eigenvalue weighted by molar-refractivity contribution is 0.233. The molecule has 1 fully saturated rings. The zero-order valence-electron chi connectivity index (χ0n) is 7.64. The van der Waals surface area contributed by atoms with Crippen molar-refractivity contribution in [3.8, 4) is 0 Å². The second-order valence-corrected chi connectivity index (χ2v) is 5.70. The molecule has 0 amide bonds. The van der Waals surface area contributed by atoms with Crippen LogP contribution in [0.1, 0.15) is 19.3 Å². The molecule has 0 radical (unpaired) electrons. The van der Waals surface area contributed by atoms with E-state index in [9.17, 15) is 13.3 Å². The first-order valence-electron chi connectivity index (χ1n) is 4.32. The van der Waals surface area contributed by atoms with Gasteiger partial charge in [0, 0.05) is 7.05 Å². The summed E-state index contributed by atoms with van der Waals surface area (Å²) in [7, 11) is -1.27. The van der Waals surface area contributed by atoms with Gasteiger partial charge in [0.2, 0.25) is 0 Å². The third-order valence-corrected chi connectivity index (χ3v) is 4.18. The van der Waals surface area contributed by atoms with Gasteiger partial charge in [0.05, 0.1) is 22.8 Å². The molecule has 5 nitrogen and oxygen atoms in total. The van der Waals surface area contributed by atoms with E-state index >= 15 is 0 Å². The Morgan fingerprint density at radius 1 is 1.31 bits per heavy atom. The summed E-state index contributed by atoms with van der Waals surface area (Å²) in [4.78, 5) is 10.2. The van der Waals surface area contributed by atoms with Crippen LogP contribution in [0.5, 0.6) is 0 Å². The fourth-order valence-corrected chi connectivity index (χ4v) is 2.98. The molecule has 1 atom stereocenters. The molecule has 1 aliphatic rings. The molecule has 13 heavy (non-hydrogen) atoms. The van der Waals surface area contributed by atoms with Crippen molar-refractivity contribution >= 4 is 9.84 Å². The maximum absolute atomic E-state index is 11.2. The van der Waals surface area contributed by atoms with E-state index in [0.717, 1.165) is 6.42 Å². The predicted molar refractivity (Wildman–Crippen MR) is 49.9 cm³/mol. The van der Waals surface area contributed by atoms with Crippen LogP contribution in [0.25, 0.3) is 0 Å². The van der Waals surface area contributed by atoms with Crippen LogP contribution in [-0.2, 0) is 9.84 Å². The highest BCUT2D eigenvalue weighted by molar-refractivity contribution is 7.91. The van der Waals surface area contributed by atoms with E-state index in [-0.39, 0.29) is 17.5 Å². The van der Waals surface area contributed by atoms with Crippen LogP contribution in [0.3, 0.4) is 0 Å². The number of rotatable bonds is 2. The smallest absolute Gasteiger partial charge is 0.150 e. The molecule has 0 aromatic carbocycles. The van der Waals surface area contributed by atoms with Crippen molar-refractivity contribution in [2.24, 2.45) is 5.29 Å². The molecular formula is C7H14N2O3S. The molecule has 0 N–H and O–H groups in total. The Hall–Kier alpha value is -0.650. The molecule has 0 aliphatic carbocycles. The van der Waals surface area contributed by atoms with Crippen LogP contribution in [-0.4, -0.2) is 38.0 Å². The van der Waals surface area contributed by atoms with E-state index < -0.39 is 9.84 Å². The lowest BCUT2D eigenvalue weighted by atomic mass is 10.1. The molecule has 0 saturated carbocycles. The first-order chi connectivity index (χ1) is 6.05. The average Bonchev–Trinajstić information content (AvgIpc) is 2.25. The molecule has 76 valence electrons. The summed E-state index contributed by atoms with van der Waals surface area (Å²) in [5.41, 5.74) is 0. The fraction of sp³-hybridized carbons (Fsp3) is 1.00. The van der Waals surface area contributed by atoms with Crippen molar-refractivity contribution in [1.82, 2.24) is 5.01 Å². The summed E-state index contributed by atoms with van der Waals surface area (Å²) in [6.45, 7) is 0. The third kappa shape index (κ3) is 2.95. The Morgan fingerprint density at radius 3 is 2.62 bits per heavy atom. The van der Waals surface area contributed by atoms with Crippen molar-refractivity contribution in [2.75, 3.05) is 18.6 Å². The lowest BCUT2D eigenvalue weighted by Crippen LogP contribution is -2.27. The highest BCUT2D eigenvalue weighted by Gasteiger charge is 2.23. The highest BCUT2D eigenvalue weighted by Crippen LogP contribution is 2.16. The monoisotopic (exact) mass is 206 g/mol. The minimum Gasteiger partial charge on any atom is -0.261 e. The first-order valence-corrected chi connectivity index (χ1v) is 6.14. The Labute approximate surface area is 78.0 Å². The third-order valence-electron chi connectivity index (χ3n) is 2.41. The topological polar surface area (TPSA) is 66.8 Å². The van der Waals surface area contributed by atoms with Gasteiger partial charge in [-0.1, -0.05) is 0 Å². The van der Waals surface area contributed by atoms with E-state index in [2.05, 4.69) is 5.29 Å². The molecule has 0 aromatic heterocycles. The number of hydrogen-bond acceptors (Lipinski definition) is 4. The molecule has 0 aromatic rings. The summed E-state index contributed by atoms with van der Waals surface area (Å²) >= 11 is 0. The van der Waals surface area contributed by atoms with Crippen LogP contribution in [0.4, 0.5) is 0 Å². The number of nitrogens with zero attached hydrogens (tertiary/aromatic N) is 2. The standard InChI is InChI=1S/C7H14N2O3S/c1-9(8-10)7-3-2-5-13(11,12)6-4-7/h7H,2-6H2,1H3. The van der Waals surface area contributed by atoms with Crippen molar-refractivity contribution in [1.29, 1.82) is 0 Å². The van der Waals surface area contributed by atoms with E-state index in [1.54, 1.807) is 7.05 Å². The molecule has 0 bridgehead atoms. The first kappa shape index (κ1) is 10.4. The van der Waals surface area contributed by atoms with Crippen LogP contribution in [0, 0.1) is 4.91 Å². The average molecular weight is 206 g/mol. The summed E-state index contributed by atoms with van der Waals surface area (Å²) in [6, 6.07) is -0.00484. The van der Waals surface area contributed by atoms with Gasteiger partial charge in [0.25, 0.3) is 0 Å². The normalized spacial score (nSPS) is 27.6. The predicted octanol–water partition coefficient (Wildman–Crippen LogP) is 0.567. The van der Waals surface area contributed by atoms with Crippen LogP contribution in [0.15, 0.2) is 5.29 Å². The molecule has 6 heteroatoms. The fourth-order valence-electron chi connectivity index (χ4n) is 1.54. The van der Waals surface area contributed by atoms with Crippen molar-refractivity contribution in [2.45, 2.75) is 25.3 Å². The summed E-state index contributed by atoms with van der Waals surface area (Å²) in [6.07, 6.45) is 1.89. The quantitative estimate of drug-likeness (QED) is 0.489. The molecule has 1 saturated heterocycles. The zero-order chi connectivity index (χ0) is 9.90. The minimum absolute atomic E-state index is 0.00484. The minimum atomic E-state index is -2.86. The Morgan fingerprint density at radius 2 is 2.00 bits per heavy atom. The van der Waals surface area contributed by atoms with Gasteiger partial charge in [0.15, 0.2) is 0 Å². The molecule has 1 unspecified atom stereocenters. The van der Waals surface area contributed by atoms with Gasteiger partial charge in [-0.05, 0) is 19.3 Å². The maximum Gasteiger partial charge on any atom is 0.150 e. The maximum atomic E-state index is 11.2. The lowest BCUT2D eigenvalue weighted by Gasteiger charge is -2.19. The number of nitroso groups, excluding NO2 is 1. The van der Waals surface area contributed by atoms with E-state index in [0.29, 0.717) is 12.8 Å². The Balaban J connectivity index is 2.59. The second-order valence-electron chi connectivity index (χ2n) is 3.39. The van der Waals surface area contributed by atoms with Crippen molar-refractivity contribution in [3.05, 3.63) is 4.91 Å². The van der Waals surface area contributed by atoms with Gasteiger partial charge in [-0.25, -0.2) is 8.42 Å². The Kier molecular flexibility index (Phi) is 3.24. The zero-order valence-corrected chi connectivity index (χ0v) is 8.46. The van der Waals surface area contributed by atoms with Gasteiger partial charge >= 0.3 is 0 Å². The second kappa shape index (κ2) is 4.04. The molecular weight excluding hydrogens is 192 g/mol. The summed E-state index contributed by atoms with van der Waals surface area (Å²) < 4.78 is 22.4. The number of hydrogen-bond donors (Lipinski definition) is 0. The Bertz CT molecular complexity index is 275. The van der Waals surface area contributed by atoms with Crippen molar-refractivity contribution in [3.63, 3.8) is 0 Å². The van der Waals surface area contributed by atoms with Gasteiger partial charge < -0.3 is 0 Å². The molecule has 1 aliphatic heterocycles. The van der Waals surface area contributed by atoms with Crippen LogP contribution in [0.2, 0.25) is 0 Å². The molecule has 0 spiro atoms. The molecule has 1 rings (SSSR count). The van der Waals surface area contributed by atoms with Gasteiger partial charge in [-0.3, -0.25) is 5.01 Å². The van der Waals surface area contributed by atoms with E-state index in [1.807, 2.05) is 0 Å². The summed E-state index contributed by atoms with van der Waals surface area (Å²) in [5, 5.41) is 4.11. The number of sulfone groups is 1. The van der Waals surface area contributed by atoms with E-state index in [4.69, 9.17) is 0 Å². The van der Waals surface area contributed by atoms with Gasteiger partial charge in [-0.15, -0.1) is 4.91 Å². The van der Waals surface area contributed by atoms with Crippen molar-refractivity contribution < 1.29 is 8.42 Å². The van der Waals surface area contributed by atoms with Gasteiger partial charge in [-0.2, -0.15) is 0 Å². The SMILES string of the molecule is CN(N=O)C1CCCS(=O)(=O)CC1. The highest BCUT2D eigenvalue weighted by atomic mass is 32.2. The van der Waals surface area contributed by atoms with E-state index in [1.165, 1.54) is 5.01 Å². The van der Waals surface area contributed by atoms with Crippen LogP contribution < -0.4 is 0 Å². The largest absolute Gasteiger partial charge is 0.261 e. The summed E-state index contributed by atoms with van der Waals surface area (Å²) in [5.74, 6) is 0.424. The van der Waals surface area contributed by atoms with Crippen LogP contribution >= 0.6 is 0 Å². The molecule has 1 heterocycles.